The third-order valence-corrected chi connectivity index (χ3v) is 3.75. The lowest BCUT2D eigenvalue weighted by molar-refractivity contribution is -0.121. The molecule has 0 aliphatic carbocycles. The summed E-state index contributed by atoms with van der Waals surface area (Å²) >= 11 is 1.72. The molecule has 0 saturated heterocycles. The first-order valence-electron chi connectivity index (χ1n) is 6.86. The van der Waals surface area contributed by atoms with Crippen molar-refractivity contribution in [1.82, 2.24) is 5.32 Å². The number of thioether (sulfide) groups is 1. The third kappa shape index (κ3) is 7.23. The number of hydrogen-bond acceptors (Lipinski definition) is 3. The van der Waals surface area contributed by atoms with E-state index in [0.717, 1.165) is 37.8 Å². The quantitative estimate of drug-likeness (QED) is 0.540. The van der Waals surface area contributed by atoms with E-state index in [2.05, 4.69) is 35.8 Å². The van der Waals surface area contributed by atoms with Gasteiger partial charge in [0.1, 0.15) is 0 Å². The number of nitrogens with two attached hydrogens (primary N) is 1. The summed E-state index contributed by atoms with van der Waals surface area (Å²) in [5.41, 5.74) is 6.57. The fourth-order valence-corrected chi connectivity index (χ4v) is 2.22. The molecule has 1 amide bonds. The van der Waals surface area contributed by atoms with E-state index in [9.17, 15) is 4.79 Å². The van der Waals surface area contributed by atoms with Crippen LogP contribution in [0.15, 0.2) is 29.2 Å². The lowest BCUT2D eigenvalue weighted by Crippen LogP contribution is -2.22. The Hall–Kier alpha value is -1.00. The topological polar surface area (TPSA) is 55.1 Å². The van der Waals surface area contributed by atoms with Crippen molar-refractivity contribution >= 4 is 17.7 Å². The van der Waals surface area contributed by atoms with Crippen molar-refractivity contribution in [3.63, 3.8) is 0 Å². The molecule has 0 radical (unpaired) electrons. The highest BCUT2D eigenvalue weighted by Crippen LogP contribution is 2.14. The van der Waals surface area contributed by atoms with Crippen LogP contribution in [0.25, 0.3) is 0 Å². The molecule has 0 unspecified atom stereocenters. The number of carbonyl (C=O) groups is 1. The van der Waals surface area contributed by atoms with Crippen LogP contribution in [0.3, 0.4) is 0 Å². The number of amides is 1. The van der Waals surface area contributed by atoms with Gasteiger partial charge in [-0.1, -0.05) is 25.0 Å². The molecule has 0 aliphatic heterocycles. The Kier molecular flexibility index (Phi) is 8.34. The lowest BCUT2D eigenvalue weighted by atomic mass is 10.1. The van der Waals surface area contributed by atoms with Crippen molar-refractivity contribution in [2.45, 2.75) is 43.5 Å². The first-order chi connectivity index (χ1) is 9.26. The summed E-state index contributed by atoms with van der Waals surface area (Å²) < 4.78 is 0. The predicted molar refractivity (Wildman–Crippen MR) is 82.2 cm³/mol. The zero-order valence-corrected chi connectivity index (χ0v) is 12.5. The maximum absolute atomic E-state index is 11.6. The molecule has 0 atom stereocenters. The molecule has 3 nitrogen and oxygen atoms in total. The molecule has 0 spiro atoms. The average molecular weight is 280 g/mol. The zero-order chi connectivity index (χ0) is 13.9. The molecular weight excluding hydrogens is 256 g/mol. The first kappa shape index (κ1) is 16.1. The standard InChI is InChI=1S/C15H24N2OS/c1-19-14-9-7-13(8-10-14)12-17-15(18)6-4-2-3-5-11-16/h7-10H,2-6,11-12,16H2,1H3,(H,17,18). The lowest BCUT2D eigenvalue weighted by Gasteiger charge is -2.06. The highest BCUT2D eigenvalue weighted by molar-refractivity contribution is 7.98. The minimum Gasteiger partial charge on any atom is -0.352 e. The van der Waals surface area contributed by atoms with Crippen LogP contribution in [0.4, 0.5) is 0 Å². The van der Waals surface area contributed by atoms with Gasteiger partial charge in [0.05, 0.1) is 0 Å². The SMILES string of the molecule is CSc1ccc(CNC(=O)CCCCCCN)cc1. The van der Waals surface area contributed by atoms with Crippen molar-refractivity contribution < 1.29 is 4.79 Å². The molecule has 0 saturated carbocycles. The van der Waals surface area contributed by atoms with Crippen LogP contribution in [0.1, 0.15) is 37.7 Å². The molecule has 0 fully saturated rings. The molecule has 1 aromatic rings. The van der Waals surface area contributed by atoms with E-state index < -0.39 is 0 Å². The Morgan fingerprint density at radius 1 is 1.16 bits per heavy atom. The number of carbonyl (C=O) groups excluding carboxylic acids is 1. The zero-order valence-electron chi connectivity index (χ0n) is 11.7. The van der Waals surface area contributed by atoms with E-state index in [-0.39, 0.29) is 5.91 Å². The summed E-state index contributed by atoms with van der Waals surface area (Å²) in [6.07, 6.45) is 6.91. The number of nitrogens with one attached hydrogen (secondary N) is 1. The molecule has 4 heteroatoms. The molecule has 1 rings (SSSR count). The average Bonchev–Trinajstić information content (AvgIpc) is 2.45. The summed E-state index contributed by atoms with van der Waals surface area (Å²) in [6, 6.07) is 8.29. The smallest absolute Gasteiger partial charge is 0.220 e. The second kappa shape index (κ2) is 9.87. The van der Waals surface area contributed by atoms with Gasteiger partial charge in [-0.2, -0.15) is 0 Å². The number of hydrogen-bond donors (Lipinski definition) is 2. The van der Waals surface area contributed by atoms with Crippen molar-refractivity contribution in [2.75, 3.05) is 12.8 Å². The van der Waals surface area contributed by atoms with Gasteiger partial charge in [-0.15, -0.1) is 11.8 Å². The van der Waals surface area contributed by atoms with Crippen LogP contribution >= 0.6 is 11.8 Å². The summed E-state index contributed by atoms with van der Waals surface area (Å²) in [7, 11) is 0. The number of benzene rings is 1. The van der Waals surface area contributed by atoms with Gasteiger partial charge in [0, 0.05) is 17.9 Å². The van der Waals surface area contributed by atoms with Crippen molar-refractivity contribution in [3.05, 3.63) is 29.8 Å². The van der Waals surface area contributed by atoms with Crippen molar-refractivity contribution in [2.24, 2.45) is 5.73 Å². The fraction of sp³-hybridized carbons (Fsp3) is 0.533. The minimum atomic E-state index is 0.140. The van der Waals surface area contributed by atoms with Crippen LogP contribution in [0.2, 0.25) is 0 Å². The molecule has 3 N–H and O–H groups in total. The number of unbranched alkanes of at least 4 members (excludes halogenated alkanes) is 3. The Bertz CT molecular complexity index is 365. The first-order valence-corrected chi connectivity index (χ1v) is 8.08. The second-order valence-corrected chi connectivity index (χ2v) is 5.46. The highest BCUT2D eigenvalue weighted by Gasteiger charge is 2.01. The van der Waals surface area contributed by atoms with E-state index in [4.69, 9.17) is 5.73 Å². The van der Waals surface area contributed by atoms with Gasteiger partial charge >= 0.3 is 0 Å². The Morgan fingerprint density at radius 3 is 2.47 bits per heavy atom. The molecule has 0 aromatic heterocycles. The summed E-state index contributed by atoms with van der Waals surface area (Å²) in [6.45, 7) is 1.37. The van der Waals surface area contributed by atoms with Gasteiger partial charge in [-0.05, 0) is 43.3 Å². The fourth-order valence-electron chi connectivity index (χ4n) is 1.82. The Balaban J connectivity index is 2.15. The maximum Gasteiger partial charge on any atom is 0.220 e. The van der Waals surface area contributed by atoms with E-state index in [1.807, 2.05) is 0 Å². The largest absolute Gasteiger partial charge is 0.352 e. The molecule has 0 bridgehead atoms. The van der Waals surface area contributed by atoms with E-state index >= 15 is 0 Å². The van der Waals surface area contributed by atoms with Crippen LogP contribution in [-0.4, -0.2) is 18.7 Å². The summed E-state index contributed by atoms with van der Waals surface area (Å²) in [5, 5.41) is 2.96. The highest BCUT2D eigenvalue weighted by atomic mass is 32.2. The summed E-state index contributed by atoms with van der Waals surface area (Å²) in [5.74, 6) is 0.140. The Morgan fingerprint density at radius 2 is 1.84 bits per heavy atom. The third-order valence-electron chi connectivity index (χ3n) is 3.01. The number of rotatable bonds is 9. The van der Waals surface area contributed by atoms with Gasteiger partial charge in [-0.3, -0.25) is 4.79 Å². The predicted octanol–water partition coefficient (Wildman–Crippen LogP) is 2.93. The van der Waals surface area contributed by atoms with E-state index in [1.165, 1.54) is 4.90 Å². The molecule has 106 valence electrons. The monoisotopic (exact) mass is 280 g/mol. The molecule has 0 heterocycles. The van der Waals surface area contributed by atoms with E-state index in [0.29, 0.717) is 13.0 Å². The van der Waals surface area contributed by atoms with Crippen molar-refractivity contribution in [3.8, 4) is 0 Å². The normalized spacial score (nSPS) is 10.4. The molecule has 0 aliphatic rings. The minimum absolute atomic E-state index is 0.140. The molecule has 19 heavy (non-hydrogen) atoms. The second-order valence-electron chi connectivity index (χ2n) is 4.58. The maximum atomic E-state index is 11.6. The van der Waals surface area contributed by atoms with Gasteiger partial charge in [0.2, 0.25) is 5.91 Å². The van der Waals surface area contributed by atoms with Gasteiger partial charge in [0.15, 0.2) is 0 Å². The molecule has 1 aromatic carbocycles. The van der Waals surface area contributed by atoms with Crippen molar-refractivity contribution in [1.29, 1.82) is 0 Å². The van der Waals surface area contributed by atoms with Crippen LogP contribution in [-0.2, 0) is 11.3 Å². The van der Waals surface area contributed by atoms with Gasteiger partial charge in [0.25, 0.3) is 0 Å². The van der Waals surface area contributed by atoms with Gasteiger partial charge in [-0.25, -0.2) is 0 Å². The van der Waals surface area contributed by atoms with Crippen LogP contribution in [0, 0.1) is 0 Å². The van der Waals surface area contributed by atoms with Crippen LogP contribution < -0.4 is 11.1 Å². The summed E-state index contributed by atoms with van der Waals surface area (Å²) in [4.78, 5) is 12.9. The molecular formula is C15H24N2OS. The Labute approximate surface area is 120 Å². The van der Waals surface area contributed by atoms with Gasteiger partial charge < -0.3 is 11.1 Å². The van der Waals surface area contributed by atoms with Crippen LogP contribution in [0.5, 0.6) is 0 Å². The van der Waals surface area contributed by atoms with E-state index in [1.54, 1.807) is 11.8 Å².